The van der Waals surface area contributed by atoms with Gasteiger partial charge in [-0.1, -0.05) is 19.1 Å². The van der Waals surface area contributed by atoms with Crippen LogP contribution < -0.4 is 0 Å². The first-order valence-corrected chi connectivity index (χ1v) is 4.53. The van der Waals surface area contributed by atoms with Crippen LogP contribution in [0.1, 0.15) is 18.4 Å². The van der Waals surface area contributed by atoms with Crippen LogP contribution in [0.4, 0.5) is 0 Å². The second kappa shape index (κ2) is 4.28. The first kappa shape index (κ1) is 10.1. The largest absolute Gasteiger partial charge is 0.508 e. The number of phenolic OH excluding ortho intramolecular Hbond substituents is 1. The number of rotatable bonds is 3. The molecule has 1 atom stereocenters. The van der Waals surface area contributed by atoms with Crippen LogP contribution in [0.15, 0.2) is 24.3 Å². The SMILES string of the molecule is CC(CN(C)C)c1ccc(O)cc1. The van der Waals surface area contributed by atoms with Crippen molar-refractivity contribution in [2.75, 3.05) is 20.6 Å². The van der Waals surface area contributed by atoms with Crippen molar-refractivity contribution in [2.24, 2.45) is 0 Å². The molecule has 13 heavy (non-hydrogen) atoms. The van der Waals surface area contributed by atoms with E-state index in [0.717, 1.165) is 6.54 Å². The maximum absolute atomic E-state index is 9.11. The second-order valence-electron chi connectivity index (χ2n) is 3.75. The van der Waals surface area contributed by atoms with Crippen LogP contribution in [-0.4, -0.2) is 30.6 Å². The molecule has 1 rings (SSSR count). The minimum atomic E-state index is 0.334. The zero-order valence-corrected chi connectivity index (χ0v) is 8.49. The van der Waals surface area contributed by atoms with Gasteiger partial charge < -0.3 is 10.0 Å². The fourth-order valence-corrected chi connectivity index (χ4v) is 1.46. The molecule has 0 aliphatic heterocycles. The summed E-state index contributed by atoms with van der Waals surface area (Å²) in [5.74, 6) is 0.844. The highest BCUT2D eigenvalue weighted by Crippen LogP contribution is 2.18. The van der Waals surface area contributed by atoms with Gasteiger partial charge in [-0.3, -0.25) is 0 Å². The van der Waals surface area contributed by atoms with Gasteiger partial charge in [-0.05, 0) is 37.7 Å². The van der Waals surface area contributed by atoms with E-state index >= 15 is 0 Å². The number of aromatic hydroxyl groups is 1. The van der Waals surface area contributed by atoms with Crippen LogP contribution in [0.2, 0.25) is 0 Å². The summed E-state index contributed by atoms with van der Waals surface area (Å²) in [4.78, 5) is 2.16. The summed E-state index contributed by atoms with van der Waals surface area (Å²) in [7, 11) is 4.13. The number of nitrogens with zero attached hydrogens (tertiary/aromatic N) is 1. The zero-order chi connectivity index (χ0) is 9.84. The predicted octanol–water partition coefficient (Wildman–Crippen LogP) is 2.06. The predicted molar refractivity (Wildman–Crippen MR) is 55.1 cm³/mol. The lowest BCUT2D eigenvalue weighted by Gasteiger charge is -2.16. The lowest BCUT2D eigenvalue weighted by atomic mass is 10.0. The van der Waals surface area contributed by atoms with Crippen molar-refractivity contribution < 1.29 is 5.11 Å². The fraction of sp³-hybridized carbons (Fsp3) is 0.455. The Morgan fingerprint density at radius 1 is 1.23 bits per heavy atom. The van der Waals surface area contributed by atoms with E-state index in [0.29, 0.717) is 11.7 Å². The molecule has 1 N–H and O–H groups in total. The fourth-order valence-electron chi connectivity index (χ4n) is 1.46. The minimum Gasteiger partial charge on any atom is -0.508 e. The van der Waals surface area contributed by atoms with Crippen LogP contribution in [-0.2, 0) is 0 Å². The summed E-state index contributed by atoms with van der Waals surface area (Å²) in [6, 6.07) is 7.43. The van der Waals surface area contributed by atoms with E-state index in [1.165, 1.54) is 5.56 Å². The van der Waals surface area contributed by atoms with Gasteiger partial charge in [0.15, 0.2) is 0 Å². The Bertz CT molecular complexity index is 253. The van der Waals surface area contributed by atoms with Crippen LogP contribution in [0.25, 0.3) is 0 Å². The van der Waals surface area contributed by atoms with Crippen molar-refractivity contribution in [2.45, 2.75) is 12.8 Å². The second-order valence-corrected chi connectivity index (χ2v) is 3.75. The lowest BCUT2D eigenvalue weighted by Crippen LogP contribution is -2.18. The van der Waals surface area contributed by atoms with Crippen molar-refractivity contribution in [1.82, 2.24) is 4.90 Å². The average molecular weight is 179 g/mol. The van der Waals surface area contributed by atoms with Gasteiger partial charge in [0, 0.05) is 6.54 Å². The molecule has 1 aromatic rings. The Morgan fingerprint density at radius 3 is 2.23 bits per heavy atom. The first-order valence-electron chi connectivity index (χ1n) is 4.53. The molecule has 0 aliphatic carbocycles. The third-order valence-electron chi connectivity index (χ3n) is 2.10. The minimum absolute atomic E-state index is 0.334. The summed E-state index contributed by atoms with van der Waals surface area (Å²) in [6.45, 7) is 3.22. The summed E-state index contributed by atoms with van der Waals surface area (Å²) < 4.78 is 0. The van der Waals surface area contributed by atoms with E-state index in [4.69, 9.17) is 5.11 Å². The molecule has 0 saturated carbocycles. The third-order valence-corrected chi connectivity index (χ3v) is 2.10. The normalized spacial score (nSPS) is 13.2. The molecule has 72 valence electrons. The Kier molecular flexibility index (Phi) is 3.32. The monoisotopic (exact) mass is 179 g/mol. The van der Waals surface area contributed by atoms with Crippen molar-refractivity contribution in [3.05, 3.63) is 29.8 Å². The van der Waals surface area contributed by atoms with E-state index < -0.39 is 0 Å². The lowest BCUT2D eigenvalue weighted by molar-refractivity contribution is 0.383. The third kappa shape index (κ3) is 3.07. The molecule has 0 heterocycles. The number of hydrogen-bond acceptors (Lipinski definition) is 2. The van der Waals surface area contributed by atoms with Gasteiger partial charge in [0.2, 0.25) is 0 Å². The highest BCUT2D eigenvalue weighted by molar-refractivity contribution is 5.28. The van der Waals surface area contributed by atoms with E-state index in [1.54, 1.807) is 12.1 Å². The number of hydrogen-bond donors (Lipinski definition) is 1. The molecule has 0 radical (unpaired) electrons. The van der Waals surface area contributed by atoms with Crippen LogP contribution in [0.3, 0.4) is 0 Å². The van der Waals surface area contributed by atoms with Crippen LogP contribution in [0, 0.1) is 0 Å². The van der Waals surface area contributed by atoms with Gasteiger partial charge in [0.25, 0.3) is 0 Å². The van der Waals surface area contributed by atoms with Gasteiger partial charge in [0.05, 0.1) is 0 Å². The molecule has 0 amide bonds. The van der Waals surface area contributed by atoms with Gasteiger partial charge in [-0.15, -0.1) is 0 Å². The van der Waals surface area contributed by atoms with Crippen molar-refractivity contribution in [3.63, 3.8) is 0 Å². The average Bonchev–Trinajstić information content (AvgIpc) is 2.04. The van der Waals surface area contributed by atoms with E-state index in [1.807, 2.05) is 12.1 Å². The van der Waals surface area contributed by atoms with Crippen LogP contribution >= 0.6 is 0 Å². The van der Waals surface area contributed by atoms with Crippen molar-refractivity contribution in [3.8, 4) is 5.75 Å². The quantitative estimate of drug-likeness (QED) is 0.767. The maximum atomic E-state index is 9.11. The van der Waals surface area contributed by atoms with Gasteiger partial charge in [-0.25, -0.2) is 0 Å². The Hall–Kier alpha value is -1.02. The highest BCUT2D eigenvalue weighted by atomic mass is 16.3. The zero-order valence-electron chi connectivity index (χ0n) is 8.49. The van der Waals surface area contributed by atoms with Crippen LogP contribution in [0.5, 0.6) is 5.75 Å². The topological polar surface area (TPSA) is 23.5 Å². The molecule has 1 aromatic carbocycles. The molecule has 0 aliphatic rings. The van der Waals surface area contributed by atoms with E-state index in [9.17, 15) is 0 Å². The Labute approximate surface area is 79.8 Å². The molecular formula is C11H17NO. The standard InChI is InChI=1S/C11H17NO/c1-9(8-12(2)3)10-4-6-11(13)7-5-10/h4-7,9,13H,8H2,1-3H3. The molecule has 2 nitrogen and oxygen atoms in total. The van der Waals surface area contributed by atoms with E-state index in [-0.39, 0.29) is 0 Å². The Morgan fingerprint density at radius 2 is 1.77 bits per heavy atom. The van der Waals surface area contributed by atoms with Gasteiger partial charge in [0.1, 0.15) is 5.75 Å². The molecule has 0 fully saturated rings. The molecule has 0 bridgehead atoms. The van der Waals surface area contributed by atoms with Crippen molar-refractivity contribution in [1.29, 1.82) is 0 Å². The number of phenols is 1. The first-order chi connectivity index (χ1) is 6.09. The van der Waals surface area contributed by atoms with Crippen molar-refractivity contribution >= 4 is 0 Å². The van der Waals surface area contributed by atoms with E-state index in [2.05, 4.69) is 25.9 Å². The summed E-state index contributed by atoms with van der Waals surface area (Å²) in [5.41, 5.74) is 1.27. The highest BCUT2D eigenvalue weighted by Gasteiger charge is 2.05. The summed E-state index contributed by atoms with van der Waals surface area (Å²) in [6.07, 6.45) is 0. The number of benzene rings is 1. The maximum Gasteiger partial charge on any atom is 0.115 e. The molecule has 2 heteroatoms. The molecule has 0 spiro atoms. The number of likely N-dealkylation sites (N-methyl/N-ethyl adjacent to an activating group) is 1. The molecule has 0 saturated heterocycles. The summed E-state index contributed by atoms with van der Waals surface area (Å²) in [5, 5.41) is 9.11. The molecular weight excluding hydrogens is 162 g/mol. The van der Waals surface area contributed by atoms with Gasteiger partial charge in [-0.2, -0.15) is 0 Å². The summed E-state index contributed by atoms with van der Waals surface area (Å²) >= 11 is 0. The smallest absolute Gasteiger partial charge is 0.115 e. The van der Waals surface area contributed by atoms with Gasteiger partial charge >= 0.3 is 0 Å². The Balaban J connectivity index is 2.66. The molecule has 0 aromatic heterocycles. The molecule has 1 unspecified atom stereocenters.